The van der Waals surface area contributed by atoms with Crippen molar-refractivity contribution in [2.75, 3.05) is 0 Å². The van der Waals surface area contributed by atoms with Crippen molar-refractivity contribution in [1.29, 1.82) is 0 Å². The second-order valence-corrected chi connectivity index (χ2v) is 8.58. The lowest BCUT2D eigenvalue weighted by Gasteiger charge is -2.21. The molecule has 0 spiro atoms. The van der Waals surface area contributed by atoms with E-state index in [0.717, 1.165) is 0 Å². The molecular weight excluding hydrogens is 326 g/mol. The van der Waals surface area contributed by atoms with Crippen LogP contribution in [-0.2, 0) is 11.8 Å². The maximum Gasteiger partial charge on any atom is 0.0468 e. The number of aromatic amines is 1. The Kier molecular flexibility index (Phi) is 3.69. The first-order valence-corrected chi connectivity index (χ1v) is 10.3. The molecule has 136 valence electrons. The normalized spacial score (nSPS) is 14.6. The van der Waals surface area contributed by atoms with E-state index in [-0.39, 0.29) is 5.41 Å². The van der Waals surface area contributed by atoms with Gasteiger partial charge in [0.1, 0.15) is 0 Å². The lowest BCUT2D eigenvalue weighted by Crippen LogP contribution is -2.14. The Bertz CT molecular complexity index is 1160. The van der Waals surface area contributed by atoms with Gasteiger partial charge in [-0.2, -0.15) is 0 Å². The summed E-state index contributed by atoms with van der Waals surface area (Å²) in [6.07, 6.45) is 5.06. The smallest absolute Gasteiger partial charge is 0.0468 e. The maximum absolute atomic E-state index is 3.62. The predicted octanol–water partition coefficient (Wildman–Crippen LogP) is 7.36. The van der Waals surface area contributed by atoms with Crippen LogP contribution in [0.4, 0.5) is 0 Å². The fraction of sp³-hybridized carbons (Fsp3) is 0.308. The Morgan fingerprint density at radius 1 is 0.778 bits per heavy atom. The average molecular weight is 354 g/mol. The zero-order valence-electron chi connectivity index (χ0n) is 16.5. The Morgan fingerprint density at radius 3 is 2.44 bits per heavy atom. The van der Waals surface area contributed by atoms with Gasteiger partial charge >= 0.3 is 0 Å². The monoisotopic (exact) mass is 353 g/mol. The molecule has 1 nitrogen and oxygen atoms in total. The summed E-state index contributed by atoms with van der Waals surface area (Å²) in [7, 11) is 0. The van der Waals surface area contributed by atoms with Gasteiger partial charge in [0.15, 0.2) is 0 Å². The summed E-state index contributed by atoms with van der Waals surface area (Å²) in [4.78, 5) is 3.62. The zero-order valence-corrected chi connectivity index (χ0v) is 16.5. The molecule has 1 heteroatoms. The van der Waals surface area contributed by atoms with Crippen molar-refractivity contribution >= 4 is 21.8 Å². The Balaban J connectivity index is 1.71. The molecule has 1 aliphatic carbocycles. The summed E-state index contributed by atoms with van der Waals surface area (Å²) in [5.74, 6) is 0. The van der Waals surface area contributed by atoms with Gasteiger partial charge in [-0.25, -0.2) is 0 Å². The van der Waals surface area contributed by atoms with E-state index in [1.165, 1.54) is 75.3 Å². The fourth-order valence-corrected chi connectivity index (χ4v) is 4.88. The van der Waals surface area contributed by atoms with Crippen molar-refractivity contribution in [2.45, 2.75) is 51.9 Å². The first-order chi connectivity index (χ1) is 13.1. The van der Waals surface area contributed by atoms with Crippen LogP contribution in [0.3, 0.4) is 0 Å². The van der Waals surface area contributed by atoms with Crippen molar-refractivity contribution in [3.63, 3.8) is 0 Å². The van der Waals surface area contributed by atoms with E-state index in [2.05, 4.69) is 80.4 Å². The van der Waals surface area contributed by atoms with E-state index < -0.39 is 0 Å². The predicted molar refractivity (Wildman–Crippen MR) is 117 cm³/mol. The summed E-state index contributed by atoms with van der Waals surface area (Å²) in [6.45, 7) is 7.00. The highest BCUT2D eigenvalue weighted by atomic mass is 14.7. The van der Waals surface area contributed by atoms with Crippen LogP contribution in [0.15, 0.2) is 54.6 Å². The minimum Gasteiger partial charge on any atom is -0.355 e. The molecule has 1 aromatic heterocycles. The van der Waals surface area contributed by atoms with E-state index in [1.807, 2.05) is 0 Å². The molecule has 3 aromatic carbocycles. The zero-order chi connectivity index (χ0) is 18.6. The summed E-state index contributed by atoms with van der Waals surface area (Å²) in [6, 6.07) is 20.6. The molecule has 0 atom stereocenters. The molecule has 1 N–H and O–H groups in total. The van der Waals surface area contributed by atoms with Crippen molar-refractivity contribution in [1.82, 2.24) is 4.98 Å². The summed E-state index contributed by atoms with van der Waals surface area (Å²) in [5, 5.41) is 2.66. The van der Waals surface area contributed by atoms with Crippen molar-refractivity contribution < 1.29 is 0 Å². The van der Waals surface area contributed by atoms with Crippen LogP contribution in [0.25, 0.3) is 32.9 Å². The summed E-state index contributed by atoms with van der Waals surface area (Å²) in [5.41, 5.74) is 9.78. The number of aromatic nitrogens is 1. The lowest BCUT2D eigenvalue weighted by atomic mass is 9.82. The number of hydrogen-bond acceptors (Lipinski definition) is 0. The third-order valence-corrected chi connectivity index (χ3v) is 6.43. The number of benzene rings is 3. The van der Waals surface area contributed by atoms with Gasteiger partial charge < -0.3 is 4.98 Å². The van der Waals surface area contributed by atoms with Gasteiger partial charge in [-0.3, -0.25) is 0 Å². The fourth-order valence-electron chi connectivity index (χ4n) is 4.88. The summed E-state index contributed by atoms with van der Waals surface area (Å²) >= 11 is 0. The minimum atomic E-state index is 0.0537. The van der Waals surface area contributed by atoms with Gasteiger partial charge in [0.2, 0.25) is 0 Å². The topological polar surface area (TPSA) is 15.8 Å². The van der Waals surface area contributed by atoms with Gasteiger partial charge in [0.05, 0.1) is 0 Å². The molecule has 5 rings (SSSR count). The molecule has 0 amide bonds. The molecule has 0 unspecified atom stereocenters. The van der Waals surface area contributed by atoms with Crippen LogP contribution in [0.1, 0.15) is 56.7 Å². The number of rotatable bonds is 4. The van der Waals surface area contributed by atoms with Gasteiger partial charge in [0.25, 0.3) is 0 Å². The van der Waals surface area contributed by atoms with E-state index in [4.69, 9.17) is 0 Å². The van der Waals surface area contributed by atoms with E-state index in [1.54, 1.807) is 0 Å². The van der Waals surface area contributed by atoms with Crippen LogP contribution in [0.5, 0.6) is 0 Å². The molecule has 0 radical (unpaired) electrons. The number of hydrogen-bond donors (Lipinski definition) is 1. The maximum atomic E-state index is 3.62. The quantitative estimate of drug-likeness (QED) is 0.369. The molecule has 0 aliphatic heterocycles. The Labute approximate surface area is 161 Å². The lowest BCUT2D eigenvalue weighted by molar-refractivity contribution is 0.660. The minimum absolute atomic E-state index is 0.0537. The molecule has 1 heterocycles. The standard InChI is InChI=1S/C26H27N/c1-4-5-6-9-17-12-13-22-19(14-17)20-15-21-18-10-7-8-11-24(18)27-25(21)16-23(20)26(22,2)3/h7-8,10-16,27H,4-6,9H2,1-3H3. The average Bonchev–Trinajstić information content (AvgIpc) is 3.14. The van der Waals surface area contributed by atoms with Crippen LogP contribution >= 0.6 is 0 Å². The number of para-hydroxylation sites is 1. The van der Waals surface area contributed by atoms with Gasteiger partial charge in [-0.05, 0) is 58.9 Å². The van der Waals surface area contributed by atoms with Crippen LogP contribution in [0, 0.1) is 0 Å². The molecule has 0 saturated carbocycles. The van der Waals surface area contributed by atoms with E-state index >= 15 is 0 Å². The Morgan fingerprint density at radius 2 is 1.59 bits per heavy atom. The SMILES string of the molecule is CCCCCc1ccc2c(c1)-c1cc3c(cc1C2(C)C)[nH]c1ccccc13. The molecule has 1 aliphatic rings. The second-order valence-electron chi connectivity index (χ2n) is 8.58. The van der Waals surface area contributed by atoms with Crippen LogP contribution < -0.4 is 0 Å². The molecule has 27 heavy (non-hydrogen) atoms. The second kappa shape index (κ2) is 5.99. The highest BCUT2D eigenvalue weighted by Crippen LogP contribution is 2.50. The molecular formula is C26H27N. The Hall–Kier alpha value is -2.54. The number of unbranched alkanes of at least 4 members (excludes halogenated alkanes) is 2. The number of H-pyrrole nitrogens is 1. The van der Waals surface area contributed by atoms with Gasteiger partial charge in [-0.1, -0.05) is 70.0 Å². The molecule has 0 bridgehead atoms. The summed E-state index contributed by atoms with van der Waals surface area (Å²) < 4.78 is 0. The highest BCUT2D eigenvalue weighted by molar-refractivity contribution is 6.09. The van der Waals surface area contributed by atoms with Crippen LogP contribution in [0.2, 0.25) is 0 Å². The first kappa shape index (κ1) is 16.6. The third kappa shape index (κ3) is 2.45. The first-order valence-electron chi connectivity index (χ1n) is 10.3. The van der Waals surface area contributed by atoms with Crippen molar-refractivity contribution in [3.8, 4) is 11.1 Å². The van der Waals surface area contributed by atoms with Crippen LogP contribution in [-0.4, -0.2) is 4.98 Å². The molecule has 4 aromatic rings. The van der Waals surface area contributed by atoms with E-state index in [0.29, 0.717) is 0 Å². The molecule has 0 fully saturated rings. The number of aryl methyl sites for hydroxylation is 1. The van der Waals surface area contributed by atoms with Crippen molar-refractivity contribution in [3.05, 3.63) is 71.3 Å². The third-order valence-electron chi connectivity index (χ3n) is 6.43. The van der Waals surface area contributed by atoms with Gasteiger partial charge in [-0.15, -0.1) is 0 Å². The van der Waals surface area contributed by atoms with E-state index in [9.17, 15) is 0 Å². The van der Waals surface area contributed by atoms with Gasteiger partial charge in [0, 0.05) is 27.2 Å². The number of fused-ring (bicyclic) bond motifs is 6. The molecule has 0 saturated heterocycles. The largest absolute Gasteiger partial charge is 0.355 e. The van der Waals surface area contributed by atoms with Crippen molar-refractivity contribution in [2.24, 2.45) is 0 Å². The number of nitrogens with one attached hydrogen (secondary N) is 1. The highest BCUT2D eigenvalue weighted by Gasteiger charge is 2.36.